The van der Waals surface area contributed by atoms with E-state index < -0.39 is 29.4 Å². The number of aromatic amines is 1. The molecule has 1 aromatic carbocycles. The molecule has 0 saturated carbocycles. The van der Waals surface area contributed by atoms with Gasteiger partial charge < -0.3 is 29.7 Å². The average Bonchev–Trinajstić information content (AvgIpc) is 2.99. The van der Waals surface area contributed by atoms with Crippen molar-refractivity contribution in [3.05, 3.63) is 52.1 Å². The molecule has 0 aliphatic carbocycles. The molecule has 1 aliphatic heterocycles. The number of amides is 2. The van der Waals surface area contributed by atoms with Gasteiger partial charge in [-0.1, -0.05) is 35.1 Å². The van der Waals surface area contributed by atoms with E-state index in [0.717, 1.165) is 5.56 Å². The van der Waals surface area contributed by atoms with Gasteiger partial charge in [0, 0.05) is 6.54 Å². The first kappa shape index (κ1) is 23.2. The number of H-pyrrole nitrogens is 1. The Kier molecular flexibility index (Phi) is 7.08. The number of benzene rings is 1. The first-order chi connectivity index (χ1) is 15.1. The number of imidazole rings is 1. The van der Waals surface area contributed by atoms with E-state index in [0.29, 0.717) is 24.4 Å². The molecule has 1 atom stereocenters. The van der Waals surface area contributed by atoms with Crippen molar-refractivity contribution in [1.29, 1.82) is 0 Å². The molecule has 0 bridgehead atoms. The molecular weight excluding hydrogens is 420 g/mol. The van der Waals surface area contributed by atoms with E-state index >= 15 is 0 Å². The fourth-order valence-electron chi connectivity index (χ4n) is 3.22. The Morgan fingerprint density at radius 2 is 2.00 bits per heavy atom. The summed E-state index contributed by atoms with van der Waals surface area (Å²) in [6, 6.07) is 9.33. The summed E-state index contributed by atoms with van der Waals surface area (Å²) in [7, 11) is 0. The van der Waals surface area contributed by atoms with Crippen LogP contribution in [0.15, 0.2) is 35.1 Å². The van der Waals surface area contributed by atoms with Crippen molar-refractivity contribution in [1.82, 2.24) is 19.9 Å². The van der Waals surface area contributed by atoms with Crippen molar-refractivity contribution in [2.75, 3.05) is 19.8 Å². The van der Waals surface area contributed by atoms with Gasteiger partial charge in [0.2, 0.25) is 0 Å². The normalized spacial score (nSPS) is 16.5. The summed E-state index contributed by atoms with van der Waals surface area (Å²) in [5.41, 5.74) is -0.561. The van der Waals surface area contributed by atoms with Crippen LogP contribution in [0.3, 0.4) is 0 Å². The Bertz CT molecular complexity index is 994. The second-order valence-corrected chi connectivity index (χ2v) is 8.35. The number of aromatic hydroxyl groups is 1. The van der Waals surface area contributed by atoms with Crippen LogP contribution >= 0.6 is 0 Å². The van der Waals surface area contributed by atoms with E-state index in [1.807, 2.05) is 30.3 Å². The maximum atomic E-state index is 12.8. The van der Waals surface area contributed by atoms with E-state index in [1.54, 1.807) is 20.8 Å². The molecule has 32 heavy (non-hydrogen) atoms. The minimum atomic E-state index is -0.857. The van der Waals surface area contributed by atoms with Crippen LogP contribution < -0.4 is 15.8 Å². The summed E-state index contributed by atoms with van der Waals surface area (Å²) in [6.07, 6.45) is -0.966. The molecule has 2 amide bonds. The first-order valence-electron chi connectivity index (χ1n) is 10.2. The smallest absolute Gasteiger partial charge is 0.435 e. The SMILES string of the molecule is CC(C)(C)OC(=O)NCc1[nH]c(=O)n(OC(=O)N2CCOCC2Cc2ccccc2)c1O. The van der Waals surface area contributed by atoms with Crippen LogP contribution in [0.1, 0.15) is 32.0 Å². The minimum Gasteiger partial charge on any atom is -0.491 e. The second-order valence-electron chi connectivity index (χ2n) is 8.35. The van der Waals surface area contributed by atoms with E-state index in [-0.39, 0.29) is 24.8 Å². The van der Waals surface area contributed by atoms with Gasteiger partial charge in [0.25, 0.3) is 5.88 Å². The third-order valence-electron chi connectivity index (χ3n) is 4.66. The van der Waals surface area contributed by atoms with Gasteiger partial charge in [-0.15, -0.1) is 0 Å². The van der Waals surface area contributed by atoms with Crippen LogP contribution in [0.5, 0.6) is 5.88 Å². The number of morpholine rings is 1. The number of hydrogen-bond donors (Lipinski definition) is 3. The highest BCUT2D eigenvalue weighted by Crippen LogP contribution is 2.16. The highest BCUT2D eigenvalue weighted by atomic mass is 16.7. The van der Waals surface area contributed by atoms with E-state index in [2.05, 4.69) is 10.3 Å². The predicted octanol–water partition coefficient (Wildman–Crippen LogP) is 1.40. The van der Waals surface area contributed by atoms with Crippen molar-refractivity contribution >= 4 is 12.2 Å². The van der Waals surface area contributed by atoms with Crippen molar-refractivity contribution in [3.63, 3.8) is 0 Å². The maximum Gasteiger partial charge on any atom is 0.435 e. The molecule has 1 fully saturated rings. The zero-order valence-corrected chi connectivity index (χ0v) is 18.3. The first-order valence-corrected chi connectivity index (χ1v) is 10.2. The topological polar surface area (TPSA) is 135 Å². The number of aromatic nitrogens is 2. The molecule has 3 rings (SSSR count). The minimum absolute atomic E-state index is 0.0310. The summed E-state index contributed by atoms with van der Waals surface area (Å²) < 4.78 is 11.1. The Labute approximate surface area is 184 Å². The number of nitrogens with one attached hydrogen (secondary N) is 2. The maximum absolute atomic E-state index is 12.8. The van der Waals surface area contributed by atoms with Crippen LogP contribution in [0.4, 0.5) is 9.59 Å². The van der Waals surface area contributed by atoms with Gasteiger partial charge in [-0.05, 0) is 32.8 Å². The largest absolute Gasteiger partial charge is 0.491 e. The quantitative estimate of drug-likeness (QED) is 0.629. The lowest BCUT2D eigenvalue weighted by molar-refractivity contribution is -0.0128. The summed E-state index contributed by atoms with van der Waals surface area (Å²) >= 11 is 0. The highest BCUT2D eigenvalue weighted by Gasteiger charge is 2.30. The number of alkyl carbamates (subject to hydrolysis) is 1. The number of rotatable bonds is 5. The summed E-state index contributed by atoms with van der Waals surface area (Å²) in [5.74, 6) is -0.618. The van der Waals surface area contributed by atoms with Crippen LogP contribution in [-0.2, 0) is 22.4 Å². The fourth-order valence-corrected chi connectivity index (χ4v) is 3.22. The van der Waals surface area contributed by atoms with Crippen LogP contribution in [-0.4, -0.2) is 63.3 Å². The Morgan fingerprint density at radius 1 is 1.28 bits per heavy atom. The van der Waals surface area contributed by atoms with Crippen molar-refractivity contribution in [3.8, 4) is 5.88 Å². The third kappa shape index (κ3) is 6.03. The molecule has 1 saturated heterocycles. The molecule has 174 valence electrons. The van der Waals surface area contributed by atoms with Crippen LogP contribution in [0, 0.1) is 0 Å². The molecule has 0 radical (unpaired) electrons. The van der Waals surface area contributed by atoms with Crippen LogP contribution in [0.25, 0.3) is 0 Å². The molecule has 1 aromatic heterocycles. The van der Waals surface area contributed by atoms with E-state index in [1.165, 1.54) is 4.90 Å². The molecule has 3 N–H and O–H groups in total. The van der Waals surface area contributed by atoms with E-state index in [4.69, 9.17) is 14.3 Å². The van der Waals surface area contributed by atoms with Gasteiger partial charge in [0.1, 0.15) is 11.3 Å². The van der Waals surface area contributed by atoms with Crippen molar-refractivity contribution in [2.24, 2.45) is 0 Å². The average molecular weight is 448 g/mol. The highest BCUT2D eigenvalue weighted by molar-refractivity contribution is 5.69. The zero-order chi connectivity index (χ0) is 23.3. The predicted molar refractivity (Wildman–Crippen MR) is 113 cm³/mol. The van der Waals surface area contributed by atoms with Crippen molar-refractivity contribution < 1.29 is 29.0 Å². The number of carbonyl (C=O) groups is 2. The lowest BCUT2D eigenvalue weighted by Crippen LogP contribution is -2.52. The van der Waals surface area contributed by atoms with Crippen LogP contribution in [0.2, 0.25) is 0 Å². The molecule has 2 aromatic rings. The summed E-state index contributed by atoms with van der Waals surface area (Å²) in [4.78, 5) is 45.8. The van der Waals surface area contributed by atoms with Gasteiger partial charge in [-0.3, -0.25) is 4.90 Å². The molecule has 1 unspecified atom stereocenters. The monoisotopic (exact) mass is 448 g/mol. The number of carbonyl (C=O) groups excluding carboxylic acids is 2. The van der Waals surface area contributed by atoms with Crippen molar-refractivity contribution in [2.45, 2.75) is 45.4 Å². The Morgan fingerprint density at radius 3 is 2.69 bits per heavy atom. The zero-order valence-electron chi connectivity index (χ0n) is 18.3. The van der Waals surface area contributed by atoms with Gasteiger partial charge in [-0.25, -0.2) is 14.4 Å². The number of ether oxygens (including phenoxy) is 2. The number of nitrogens with zero attached hydrogens (tertiary/aromatic N) is 2. The number of hydrogen-bond acceptors (Lipinski definition) is 7. The molecular formula is C21H28N4O7. The second kappa shape index (κ2) is 9.77. The van der Waals surface area contributed by atoms with Gasteiger partial charge in [0.15, 0.2) is 0 Å². The van der Waals surface area contributed by atoms with Gasteiger partial charge in [0.05, 0.1) is 25.8 Å². The summed E-state index contributed by atoms with van der Waals surface area (Å²) in [6.45, 7) is 5.83. The van der Waals surface area contributed by atoms with Gasteiger partial charge in [-0.2, -0.15) is 0 Å². The van der Waals surface area contributed by atoms with Gasteiger partial charge >= 0.3 is 17.9 Å². The molecule has 11 heteroatoms. The molecule has 2 heterocycles. The molecule has 11 nitrogen and oxygen atoms in total. The Hall–Kier alpha value is -3.47. The fraction of sp³-hybridized carbons (Fsp3) is 0.476. The molecule has 0 spiro atoms. The van der Waals surface area contributed by atoms with E-state index in [9.17, 15) is 19.5 Å². The summed E-state index contributed by atoms with van der Waals surface area (Å²) in [5, 5.41) is 12.7. The Balaban J connectivity index is 1.66. The standard InChI is InChI=1S/C21H28N4O7/c1-21(2,3)31-19(28)22-12-16-17(26)25(18(27)23-16)32-20(29)24-9-10-30-13-15(24)11-14-7-5-4-6-8-14/h4-8,15,26H,9-13H2,1-3H3,(H,22,28)(H,23,27). The lowest BCUT2D eigenvalue weighted by Gasteiger charge is -2.34. The third-order valence-corrected chi connectivity index (χ3v) is 4.66. The lowest BCUT2D eigenvalue weighted by atomic mass is 10.0. The molecule has 1 aliphatic rings.